The Morgan fingerprint density at radius 1 is 1.02 bits per heavy atom. The molecule has 0 radical (unpaired) electrons. The van der Waals surface area contributed by atoms with Crippen LogP contribution >= 0.6 is 0 Å². The number of phenolic OH excluding ortho intramolecular Hbond substituents is 1. The van der Waals surface area contributed by atoms with Gasteiger partial charge >= 0.3 is 11.9 Å². The molecule has 3 aliphatic rings. The second-order valence-electron chi connectivity index (χ2n) is 12.4. The molecule has 5 rings (SSSR count). The number of carbonyl (C=O) groups excluding carboxylic acids is 3. The number of ketones is 1. The first-order valence-corrected chi connectivity index (χ1v) is 15.7. The first kappa shape index (κ1) is 32.3. The van der Waals surface area contributed by atoms with Crippen molar-refractivity contribution in [1.82, 2.24) is 0 Å². The van der Waals surface area contributed by atoms with E-state index in [1.165, 1.54) is 6.07 Å². The van der Waals surface area contributed by atoms with Crippen LogP contribution in [-0.2, 0) is 32.1 Å². The van der Waals surface area contributed by atoms with E-state index < -0.39 is 35.5 Å². The van der Waals surface area contributed by atoms with Crippen LogP contribution in [0.4, 0.5) is 5.69 Å². The van der Waals surface area contributed by atoms with Crippen LogP contribution in [0.25, 0.3) is 0 Å². The molecule has 0 saturated heterocycles. The standard InChI is InChI=1S/C36H41NO8/c1-4-22-14-23(25-12-21(20-38)13-28(15-25)37-5-2)6-7-24-18-34(41)44-32-19-31(40)26(16-30(24)32)17-33(45-35(22)42)36(3,43)27-8-10-29(39)11-9-27/h4,12-13,15-16,19,23-24,27,33,37-38,40,43H,5,8-11,14,17-18,20H2,1-3H3/t23-,24+,33-,36+/m1/s1. The Morgan fingerprint density at radius 3 is 2.44 bits per heavy atom. The molecule has 2 aliphatic heterocycles. The Labute approximate surface area is 263 Å². The monoisotopic (exact) mass is 615 g/mol. The minimum absolute atomic E-state index is 0.00140. The van der Waals surface area contributed by atoms with Gasteiger partial charge in [0.25, 0.3) is 0 Å². The molecule has 2 bridgehead atoms. The zero-order valence-electron chi connectivity index (χ0n) is 26.0. The highest BCUT2D eigenvalue weighted by atomic mass is 16.6. The first-order chi connectivity index (χ1) is 21.5. The number of anilines is 1. The lowest BCUT2D eigenvalue weighted by Gasteiger charge is -2.40. The van der Waals surface area contributed by atoms with Crippen molar-refractivity contribution < 1.29 is 39.2 Å². The van der Waals surface area contributed by atoms with Crippen LogP contribution in [0.3, 0.4) is 0 Å². The van der Waals surface area contributed by atoms with Gasteiger partial charge in [0.2, 0.25) is 0 Å². The number of carbonyl (C=O) groups is 3. The summed E-state index contributed by atoms with van der Waals surface area (Å²) in [7, 11) is 0. The van der Waals surface area contributed by atoms with Gasteiger partial charge in [-0.25, -0.2) is 4.79 Å². The molecule has 1 aliphatic carbocycles. The molecule has 45 heavy (non-hydrogen) atoms. The smallest absolute Gasteiger partial charge is 0.334 e. The van der Waals surface area contributed by atoms with Gasteiger partial charge in [0.1, 0.15) is 29.0 Å². The second kappa shape index (κ2) is 13.5. The van der Waals surface area contributed by atoms with Gasteiger partial charge in [-0.15, -0.1) is 0 Å². The molecule has 0 spiro atoms. The lowest BCUT2D eigenvalue weighted by atomic mass is 9.73. The maximum absolute atomic E-state index is 13.9. The topological polar surface area (TPSA) is 142 Å². The number of ether oxygens (including phenoxy) is 2. The van der Waals surface area contributed by atoms with Crippen LogP contribution in [-0.4, -0.2) is 51.3 Å². The SMILES string of the molecule is CC=C1C[C@H](c2cc(CO)cc(NCC)c2)C#C[C@H]2CC(=O)Oc3cc(O)c(cc32)C[C@H]([C@@](C)(O)C2CCC(=O)CC2)OC1=O. The van der Waals surface area contributed by atoms with E-state index in [1.807, 2.05) is 25.1 Å². The molecule has 2 aromatic carbocycles. The Morgan fingerprint density at radius 2 is 1.76 bits per heavy atom. The van der Waals surface area contributed by atoms with Crippen molar-refractivity contribution in [2.75, 3.05) is 11.9 Å². The third-order valence-electron chi connectivity index (χ3n) is 9.30. The first-order valence-electron chi connectivity index (χ1n) is 15.7. The molecule has 9 heteroatoms. The van der Waals surface area contributed by atoms with E-state index in [9.17, 15) is 29.7 Å². The highest BCUT2D eigenvalue weighted by Gasteiger charge is 2.44. The maximum atomic E-state index is 13.9. The lowest BCUT2D eigenvalue weighted by Crippen LogP contribution is -2.50. The largest absolute Gasteiger partial charge is 0.508 e. The highest BCUT2D eigenvalue weighted by molar-refractivity contribution is 5.89. The predicted molar refractivity (Wildman–Crippen MR) is 168 cm³/mol. The van der Waals surface area contributed by atoms with Gasteiger partial charge in [-0.2, -0.15) is 0 Å². The summed E-state index contributed by atoms with van der Waals surface area (Å²) in [6.07, 6.45) is 2.45. The molecule has 1 saturated carbocycles. The quantitative estimate of drug-likeness (QED) is 0.156. The van der Waals surface area contributed by atoms with E-state index in [2.05, 4.69) is 17.2 Å². The fourth-order valence-electron chi connectivity index (χ4n) is 6.60. The molecule has 1 fully saturated rings. The number of aliphatic hydroxyl groups excluding tert-OH is 1. The number of hydrogen-bond acceptors (Lipinski definition) is 9. The minimum Gasteiger partial charge on any atom is -0.508 e. The van der Waals surface area contributed by atoms with Gasteiger partial charge in [0, 0.05) is 54.6 Å². The zero-order valence-corrected chi connectivity index (χ0v) is 26.0. The number of hydrogen-bond donors (Lipinski definition) is 4. The van der Waals surface area contributed by atoms with Gasteiger partial charge in [0.15, 0.2) is 0 Å². The zero-order chi connectivity index (χ0) is 32.3. The summed E-state index contributed by atoms with van der Waals surface area (Å²) in [5.74, 6) is 4.40. The van der Waals surface area contributed by atoms with Crippen LogP contribution < -0.4 is 10.1 Å². The van der Waals surface area contributed by atoms with Crippen molar-refractivity contribution in [3.05, 3.63) is 64.2 Å². The van der Waals surface area contributed by atoms with E-state index >= 15 is 0 Å². The average Bonchev–Trinajstić information content (AvgIpc) is 3.01. The number of rotatable bonds is 6. The van der Waals surface area contributed by atoms with Crippen molar-refractivity contribution in [2.24, 2.45) is 5.92 Å². The predicted octanol–water partition coefficient (Wildman–Crippen LogP) is 4.81. The molecular formula is C36H41NO8. The number of aromatic hydroxyl groups is 1. The number of benzene rings is 2. The number of aliphatic hydroxyl groups is 2. The number of esters is 2. The van der Waals surface area contributed by atoms with Gasteiger partial charge < -0.3 is 30.1 Å². The maximum Gasteiger partial charge on any atom is 0.334 e. The Balaban J connectivity index is 1.64. The van der Waals surface area contributed by atoms with Crippen LogP contribution in [0.1, 0.15) is 93.4 Å². The Bertz CT molecular complexity index is 1570. The van der Waals surface area contributed by atoms with Crippen molar-refractivity contribution in [2.45, 2.75) is 95.9 Å². The fourth-order valence-corrected chi connectivity index (χ4v) is 6.60. The minimum atomic E-state index is -1.50. The normalized spacial score (nSPS) is 24.6. The summed E-state index contributed by atoms with van der Waals surface area (Å²) in [6, 6.07) is 8.75. The number of nitrogens with one attached hydrogen (secondary N) is 1. The van der Waals surface area contributed by atoms with E-state index in [1.54, 1.807) is 26.0 Å². The van der Waals surface area contributed by atoms with Crippen LogP contribution in [0.5, 0.6) is 11.5 Å². The summed E-state index contributed by atoms with van der Waals surface area (Å²) in [6.45, 7) is 5.84. The highest BCUT2D eigenvalue weighted by Crippen LogP contribution is 2.42. The van der Waals surface area contributed by atoms with Crippen molar-refractivity contribution in [3.8, 4) is 23.3 Å². The van der Waals surface area contributed by atoms with E-state index in [-0.39, 0.29) is 49.1 Å². The van der Waals surface area contributed by atoms with Crippen molar-refractivity contribution >= 4 is 23.4 Å². The summed E-state index contributed by atoms with van der Waals surface area (Å²) in [5.41, 5.74) is 2.18. The van der Waals surface area contributed by atoms with Crippen molar-refractivity contribution in [1.29, 1.82) is 0 Å². The molecule has 0 aromatic heterocycles. The Kier molecular flexibility index (Phi) is 9.66. The number of cyclic esters (lactones) is 1. The van der Waals surface area contributed by atoms with E-state index in [0.717, 1.165) is 11.3 Å². The van der Waals surface area contributed by atoms with Crippen LogP contribution in [0.2, 0.25) is 0 Å². The molecule has 2 heterocycles. The van der Waals surface area contributed by atoms with E-state index in [4.69, 9.17) is 9.47 Å². The number of Topliss-reactive ketones (excluding diaryl/α,β-unsaturated/α-hetero) is 1. The molecule has 238 valence electrons. The molecule has 9 nitrogen and oxygen atoms in total. The van der Waals surface area contributed by atoms with Crippen LogP contribution in [0, 0.1) is 17.8 Å². The summed E-state index contributed by atoms with van der Waals surface area (Å²) >= 11 is 0. The van der Waals surface area contributed by atoms with Gasteiger partial charge in [-0.1, -0.05) is 24.0 Å². The van der Waals surface area contributed by atoms with Gasteiger partial charge in [-0.3, -0.25) is 9.59 Å². The molecule has 0 amide bonds. The third kappa shape index (κ3) is 7.08. The molecule has 4 atom stereocenters. The van der Waals surface area contributed by atoms with E-state index in [0.29, 0.717) is 54.5 Å². The summed E-state index contributed by atoms with van der Waals surface area (Å²) in [4.78, 5) is 38.4. The Hall–Kier alpha value is -4.13. The number of allylic oxidation sites excluding steroid dienone is 1. The second-order valence-corrected chi connectivity index (χ2v) is 12.4. The lowest BCUT2D eigenvalue weighted by molar-refractivity contribution is -0.169. The molecular weight excluding hydrogens is 574 g/mol. The van der Waals surface area contributed by atoms with Crippen molar-refractivity contribution in [3.63, 3.8) is 0 Å². The summed E-state index contributed by atoms with van der Waals surface area (Å²) < 4.78 is 11.6. The number of fused-ring (bicyclic) bond motifs is 1. The average molecular weight is 616 g/mol. The van der Waals surface area contributed by atoms with Gasteiger partial charge in [0.05, 0.1) is 18.9 Å². The molecule has 0 unspecified atom stereocenters. The summed E-state index contributed by atoms with van der Waals surface area (Å²) in [5, 5.41) is 36.2. The van der Waals surface area contributed by atoms with Crippen LogP contribution in [0.15, 0.2) is 42.0 Å². The molecule has 4 N–H and O–H groups in total. The molecule has 2 aromatic rings. The fraction of sp³-hybridized carbons (Fsp3) is 0.472. The van der Waals surface area contributed by atoms with Gasteiger partial charge in [-0.05, 0) is 80.8 Å². The number of phenols is 1. The third-order valence-corrected chi connectivity index (χ3v) is 9.30.